The summed E-state index contributed by atoms with van der Waals surface area (Å²) in [4.78, 5) is 29.0. The molecule has 0 saturated carbocycles. The molecule has 1 atom stereocenters. The molecule has 3 rings (SSSR count). The van der Waals surface area contributed by atoms with Gasteiger partial charge in [-0.05, 0) is 63.9 Å². The van der Waals surface area contributed by atoms with Crippen LogP contribution in [-0.4, -0.2) is 53.3 Å². The van der Waals surface area contributed by atoms with Gasteiger partial charge in [-0.3, -0.25) is 14.5 Å². The second kappa shape index (κ2) is 8.38. The highest BCUT2D eigenvalue weighted by Crippen LogP contribution is 2.22. The van der Waals surface area contributed by atoms with Crippen LogP contribution in [-0.2, 0) is 16.1 Å². The first-order valence-electron chi connectivity index (χ1n) is 9.90. The van der Waals surface area contributed by atoms with E-state index < -0.39 is 0 Å². The zero-order chi connectivity index (χ0) is 19.4. The number of benzene rings is 1. The Hall–Kier alpha value is -1.95. The Morgan fingerprint density at radius 3 is 2.74 bits per heavy atom. The number of nitrogens with zero attached hydrogens (tertiary/aromatic N) is 2. The summed E-state index contributed by atoms with van der Waals surface area (Å²) in [5.41, 5.74) is 0.692. The normalized spacial score (nSPS) is 21.5. The molecule has 0 spiro atoms. The van der Waals surface area contributed by atoms with Crippen molar-refractivity contribution < 1.29 is 14.0 Å². The standard InChI is InChI=1S/C21H30FN3O2/c1-21(2,25-10-3-4-11-25)15-23-20(27)17-8-9-19(26)24(14-17)13-16-6-5-7-18(22)12-16/h5-7,12,17H,3-4,8-11,13-15H2,1-2H3,(H,23,27)/t17-/m1/s1. The number of likely N-dealkylation sites (tertiary alicyclic amines) is 2. The minimum atomic E-state index is -0.310. The Labute approximate surface area is 160 Å². The van der Waals surface area contributed by atoms with Crippen molar-refractivity contribution in [2.45, 2.75) is 51.6 Å². The van der Waals surface area contributed by atoms with Crippen molar-refractivity contribution in [3.05, 3.63) is 35.6 Å². The van der Waals surface area contributed by atoms with E-state index in [4.69, 9.17) is 0 Å². The third-order valence-corrected chi connectivity index (χ3v) is 5.79. The van der Waals surface area contributed by atoms with Gasteiger partial charge in [0.05, 0.1) is 5.92 Å². The van der Waals surface area contributed by atoms with Crippen molar-refractivity contribution in [3.63, 3.8) is 0 Å². The van der Waals surface area contributed by atoms with Crippen LogP contribution in [0.4, 0.5) is 4.39 Å². The van der Waals surface area contributed by atoms with Crippen LogP contribution in [0.5, 0.6) is 0 Å². The topological polar surface area (TPSA) is 52.7 Å². The van der Waals surface area contributed by atoms with Crippen LogP contribution in [0, 0.1) is 11.7 Å². The molecule has 1 aromatic rings. The third-order valence-electron chi connectivity index (χ3n) is 5.79. The summed E-state index contributed by atoms with van der Waals surface area (Å²) in [5.74, 6) is -0.472. The van der Waals surface area contributed by atoms with Gasteiger partial charge in [-0.1, -0.05) is 12.1 Å². The van der Waals surface area contributed by atoms with Crippen LogP contribution in [0.1, 0.15) is 45.1 Å². The van der Waals surface area contributed by atoms with Gasteiger partial charge in [0.1, 0.15) is 5.82 Å². The molecule has 0 unspecified atom stereocenters. The summed E-state index contributed by atoms with van der Waals surface area (Å²) >= 11 is 0. The molecule has 2 aliphatic rings. The number of carbonyl (C=O) groups excluding carboxylic acids is 2. The number of hydrogen-bond acceptors (Lipinski definition) is 3. The molecule has 1 aromatic carbocycles. The van der Waals surface area contributed by atoms with E-state index >= 15 is 0 Å². The number of nitrogens with one attached hydrogen (secondary N) is 1. The molecule has 2 aliphatic heterocycles. The predicted octanol–water partition coefficient (Wildman–Crippen LogP) is 2.55. The van der Waals surface area contributed by atoms with Gasteiger partial charge in [-0.25, -0.2) is 4.39 Å². The molecule has 1 N–H and O–H groups in total. The second-order valence-corrected chi connectivity index (χ2v) is 8.36. The maximum Gasteiger partial charge on any atom is 0.224 e. The maximum atomic E-state index is 13.4. The van der Waals surface area contributed by atoms with Crippen molar-refractivity contribution in [1.29, 1.82) is 0 Å². The lowest BCUT2D eigenvalue weighted by atomic mass is 9.95. The van der Waals surface area contributed by atoms with Crippen LogP contribution >= 0.6 is 0 Å². The molecule has 2 heterocycles. The van der Waals surface area contributed by atoms with E-state index in [9.17, 15) is 14.0 Å². The van der Waals surface area contributed by atoms with E-state index in [1.807, 2.05) is 0 Å². The molecule has 27 heavy (non-hydrogen) atoms. The minimum Gasteiger partial charge on any atom is -0.354 e. The average molecular weight is 375 g/mol. The molecule has 2 amide bonds. The van der Waals surface area contributed by atoms with E-state index in [0.717, 1.165) is 18.7 Å². The number of carbonyl (C=O) groups is 2. The molecule has 148 valence electrons. The summed E-state index contributed by atoms with van der Waals surface area (Å²) in [5, 5.41) is 3.10. The van der Waals surface area contributed by atoms with E-state index in [2.05, 4.69) is 24.1 Å². The van der Waals surface area contributed by atoms with Gasteiger partial charge in [0.15, 0.2) is 0 Å². The summed E-state index contributed by atoms with van der Waals surface area (Å²) in [6.45, 7) is 7.86. The zero-order valence-corrected chi connectivity index (χ0v) is 16.3. The molecule has 5 nitrogen and oxygen atoms in total. The minimum absolute atomic E-state index is 0.0130. The molecular formula is C21H30FN3O2. The first kappa shape index (κ1) is 19.8. The highest BCUT2D eigenvalue weighted by molar-refractivity contribution is 5.83. The number of amides is 2. The van der Waals surface area contributed by atoms with Crippen molar-refractivity contribution in [1.82, 2.24) is 15.1 Å². The molecule has 6 heteroatoms. The summed E-state index contributed by atoms with van der Waals surface area (Å²) in [7, 11) is 0. The van der Waals surface area contributed by atoms with Gasteiger partial charge in [0.25, 0.3) is 0 Å². The monoisotopic (exact) mass is 375 g/mol. The maximum absolute atomic E-state index is 13.4. The smallest absolute Gasteiger partial charge is 0.224 e. The lowest BCUT2D eigenvalue weighted by Gasteiger charge is -2.37. The van der Waals surface area contributed by atoms with Gasteiger partial charge in [-0.2, -0.15) is 0 Å². The molecule has 0 bridgehead atoms. The van der Waals surface area contributed by atoms with Crippen LogP contribution in [0.15, 0.2) is 24.3 Å². The molecule has 2 saturated heterocycles. The van der Waals surface area contributed by atoms with E-state index in [1.165, 1.54) is 25.0 Å². The Balaban J connectivity index is 1.54. The Morgan fingerprint density at radius 1 is 1.30 bits per heavy atom. The van der Waals surface area contributed by atoms with Gasteiger partial charge in [0.2, 0.25) is 11.8 Å². The highest BCUT2D eigenvalue weighted by atomic mass is 19.1. The Kier molecular flexibility index (Phi) is 6.15. The fourth-order valence-electron chi connectivity index (χ4n) is 4.02. The Morgan fingerprint density at radius 2 is 2.04 bits per heavy atom. The Bertz CT molecular complexity index is 686. The van der Waals surface area contributed by atoms with Gasteiger partial charge in [-0.15, -0.1) is 0 Å². The largest absolute Gasteiger partial charge is 0.354 e. The molecule has 0 radical (unpaired) electrons. The highest BCUT2D eigenvalue weighted by Gasteiger charge is 2.33. The molecule has 0 aromatic heterocycles. The number of piperidine rings is 1. The van der Waals surface area contributed by atoms with Gasteiger partial charge < -0.3 is 10.2 Å². The summed E-state index contributed by atoms with van der Waals surface area (Å²) in [6.07, 6.45) is 3.38. The van der Waals surface area contributed by atoms with Crippen molar-refractivity contribution in [3.8, 4) is 0 Å². The lowest BCUT2D eigenvalue weighted by molar-refractivity contribution is -0.139. The van der Waals surface area contributed by atoms with E-state index in [-0.39, 0.29) is 29.1 Å². The van der Waals surface area contributed by atoms with E-state index in [0.29, 0.717) is 32.5 Å². The fourth-order valence-corrected chi connectivity index (χ4v) is 4.02. The quantitative estimate of drug-likeness (QED) is 0.831. The second-order valence-electron chi connectivity index (χ2n) is 8.36. The number of hydrogen-bond donors (Lipinski definition) is 1. The fraction of sp³-hybridized carbons (Fsp3) is 0.619. The third kappa shape index (κ3) is 5.06. The van der Waals surface area contributed by atoms with Crippen LogP contribution in [0.3, 0.4) is 0 Å². The first-order chi connectivity index (χ1) is 12.8. The molecular weight excluding hydrogens is 345 g/mol. The van der Waals surface area contributed by atoms with E-state index in [1.54, 1.807) is 17.0 Å². The summed E-state index contributed by atoms with van der Waals surface area (Å²) < 4.78 is 13.4. The van der Waals surface area contributed by atoms with Gasteiger partial charge in [0, 0.05) is 31.6 Å². The number of halogens is 1. The molecule has 0 aliphatic carbocycles. The van der Waals surface area contributed by atoms with Crippen LogP contribution < -0.4 is 5.32 Å². The lowest BCUT2D eigenvalue weighted by Crippen LogP contribution is -2.53. The van der Waals surface area contributed by atoms with Crippen LogP contribution in [0.25, 0.3) is 0 Å². The van der Waals surface area contributed by atoms with Crippen LogP contribution in [0.2, 0.25) is 0 Å². The first-order valence-corrected chi connectivity index (χ1v) is 9.90. The molecule has 2 fully saturated rings. The van der Waals surface area contributed by atoms with Crippen molar-refractivity contribution >= 4 is 11.8 Å². The predicted molar refractivity (Wildman–Crippen MR) is 102 cm³/mol. The van der Waals surface area contributed by atoms with Crippen molar-refractivity contribution in [2.24, 2.45) is 5.92 Å². The number of rotatable bonds is 6. The zero-order valence-electron chi connectivity index (χ0n) is 16.3. The van der Waals surface area contributed by atoms with Gasteiger partial charge >= 0.3 is 0 Å². The summed E-state index contributed by atoms with van der Waals surface area (Å²) in [6, 6.07) is 6.28. The van der Waals surface area contributed by atoms with Crippen molar-refractivity contribution in [2.75, 3.05) is 26.2 Å². The SMILES string of the molecule is CC(C)(CNC(=O)[C@@H]1CCC(=O)N(Cc2cccc(F)c2)C1)N1CCCC1. The average Bonchev–Trinajstić information content (AvgIpc) is 3.17.